The molecule has 0 bridgehead atoms. The molecule has 4 heteroatoms. The normalized spacial score (nSPS) is 21.3. The van der Waals surface area contributed by atoms with E-state index >= 15 is 0 Å². The lowest BCUT2D eigenvalue weighted by Crippen LogP contribution is -2.32. The first-order chi connectivity index (χ1) is 11.4. The fraction of sp³-hybridized carbons (Fsp3) is 0.550. The maximum atomic E-state index is 11.9. The summed E-state index contributed by atoms with van der Waals surface area (Å²) in [6.07, 6.45) is 5.56. The quantitative estimate of drug-likeness (QED) is 0.900. The molecule has 0 spiro atoms. The van der Waals surface area contributed by atoms with Gasteiger partial charge in [-0.3, -0.25) is 9.69 Å². The molecule has 1 heterocycles. The van der Waals surface area contributed by atoms with Crippen LogP contribution in [-0.2, 0) is 6.54 Å². The lowest BCUT2D eigenvalue weighted by atomic mass is 9.76. The van der Waals surface area contributed by atoms with Crippen LogP contribution in [-0.4, -0.2) is 35.4 Å². The van der Waals surface area contributed by atoms with Gasteiger partial charge in [-0.2, -0.15) is 11.8 Å². The minimum Gasteiger partial charge on any atom is -0.366 e. The Morgan fingerprint density at radius 3 is 2.67 bits per heavy atom. The van der Waals surface area contributed by atoms with Gasteiger partial charge >= 0.3 is 0 Å². The van der Waals surface area contributed by atoms with Crippen LogP contribution < -0.4 is 5.73 Å². The number of nitrogens with two attached hydrogens (primary N) is 1. The average molecular weight is 345 g/mol. The summed E-state index contributed by atoms with van der Waals surface area (Å²) in [5.41, 5.74) is 10.3. The Hall–Kier alpha value is -1.26. The highest BCUT2D eigenvalue weighted by Crippen LogP contribution is 2.39. The van der Waals surface area contributed by atoms with Crippen molar-refractivity contribution in [2.24, 2.45) is 11.1 Å². The number of hydrogen-bond acceptors (Lipinski definition) is 3. The Labute approximate surface area is 149 Å². The van der Waals surface area contributed by atoms with Gasteiger partial charge in [0.1, 0.15) is 0 Å². The number of rotatable bonds is 4. The predicted octanol–water partition coefficient (Wildman–Crippen LogP) is 3.93. The van der Waals surface area contributed by atoms with E-state index in [9.17, 15) is 4.79 Å². The highest BCUT2D eigenvalue weighted by molar-refractivity contribution is 7.99. The van der Waals surface area contributed by atoms with Crippen LogP contribution in [0.25, 0.3) is 5.57 Å². The second-order valence-electron chi connectivity index (χ2n) is 7.73. The number of thioether (sulfide) groups is 1. The lowest BCUT2D eigenvalue weighted by molar-refractivity contribution is 0.1000. The van der Waals surface area contributed by atoms with Crippen molar-refractivity contribution in [3.63, 3.8) is 0 Å². The van der Waals surface area contributed by atoms with Gasteiger partial charge in [0.2, 0.25) is 5.91 Å². The number of hydrogen-bond donors (Lipinski definition) is 1. The number of nitrogens with zero attached hydrogens (tertiary/aromatic N) is 1. The summed E-state index contributed by atoms with van der Waals surface area (Å²) in [7, 11) is 0. The van der Waals surface area contributed by atoms with Crippen LogP contribution in [0.2, 0.25) is 0 Å². The van der Waals surface area contributed by atoms with Crippen molar-refractivity contribution in [3.05, 3.63) is 41.0 Å². The van der Waals surface area contributed by atoms with Gasteiger partial charge in [-0.15, -0.1) is 0 Å². The molecule has 3 rings (SSSR count). The zero-order chi connectivity index (χ0) is 17.2. The molecule has 2 aliphatic rings. The van der Waals surface area contributed by atoms with Crippen molar-refractivity contribution in [2.75, 3.05) is 24.6 Å². The smallest absolute Gasteiger partial charge is 0.249 e. The Bertz CT molecular complexity index is 645. The van der Waals surface area contributed by atoms with E-state index in [1.165, 1.54) is 22.6 Å². The zero-order valence-corrected chi connectivity index (χ0v) is 15.6. The number of amides is 1. The molecule has 1 aliphatic carbocycles. The van der Waals surface area contributed by atoms with Crippen molar-refractivity contribution < 1.29 is 4.79 Å². The summed E-state index contributed by atoms with van der Waals surface area (Å²) in [5.74, 6) is 2.11. The van der Waals surface area contributed by atoms with E-state index < -0.39 is 0 Å². The van der Waals surface area contributed by atoms with Gasteiger partial charge in [0.25, 0.3) is 0 Å². The fourth-order valence-corrected chi connectivity index (χ4v) is 4.49. The highest BCUT2D eigenvalue weighted by atomic mass is 32.2. The molecule has 0 radical (unpaired) electrons. The molecule has 1 aromatic rings. The minimum absolute atomic E-state index is 0.323. The molecular weight excluding hydrogens is 316 g/mol. The van der Waals surface area contributed by atoms with Gasteiger partial charge in [0, 0.05) is 36.7 Å². The highest BCUT2D eigenvalue weighted by Gasteiger charge is 2.24. The number of allylic oxidation sites excluding steroid dienone is 2. The molecule has 0 unspecified atom stereocenters. The van der Waals surface area contributed by atoms with Crippen LogP contribution in [0.1, 0.15) is 54.6 Å². The van der Waals surface area contributed by atoms with Gasteiger partial charge in [0.05, 0.1) is 0 Å². The average Bonchev–Trinajstić information content (AvgIpc) is 2.55. The van der Waals surface area contributed by atoms with E-state index in [4.69, 9.17) is 5.73 Å². The number of primary amides is 1. The van der Waals surface area contributed by atoms with Gasteiger partial charge in [-0.25, -0.2) is 0 Å². The monoisotopic (exact) mass is 344 g/mol. The van der Waals surface area contributed by atoms with E-state index in [0.717, 1.165) is 44.5 Å². The second kappa shape index (κ2) is 7.32. The molecule has 0 aromatic heterocycles. The summed E-state index contributed by atoms with van der Waals surface area (Å²) in [5, 5.41) is 0. The van der Waals surface area contributed by atoms with Crippen molar-refractivity contribution in [2.45, 2.75) is 39.7 Å². The van der Waals surface area contributed by atoms with Crippen molar-refractivity contribution >= 4 is 23.2 Å². The van der Waals surface area contributed by atoms with Crippen LogP contribution in [0.4, 0.5) is 0 Å². The fourth-order valence-electron chi connectivity index (χ4n) is 3.51. The lowest BCUT2D eigenvalue weighted by Gasteiger charge is -2.30. The van der Waals surface area contributed by atoms with Crippen LogP contribution in [0.5, 0.6) is 0 Å². The summed E-state index contributed by atoms with van der Waals surface area (Å²) >= 11 is 2.03. The third-order valence-electron chi connectivity index (χ3n) is 5.18. The largest absolute Gasteiger partial charge is 0.366 e. The molecule has 1 fully saturated rings. The maximum Gasteiger partial charge on any atom is 0.249 e. The van der Waals surface area contributed by atoms with Gasteiger partial charge in [-0.1, -0.05) is 26.0 Å². The molecule has 0 saturated carbocycles. The Morgan fingerprint density at radius 1 is 1.29 bits per heavy atom. The SMILES string of the molecule is CC1(C)CC=C(c2cc(CN3CCSCC3)ccc2C(N)=O)CC1. The predicted molar refractivity (Wildman–Crippen MR) is 103 cm³/mol. The maximum absolute atomic E-state index is 11.9. The standard InChI is InChI=1S/C20H28N2OS/c1-20(2)7-5-16(6-8-20)18-13-15(3-4-17(18)19(21)23)14-22-9-11-24-12-10-22/h3-5,13H,6-12,14H2,1-2H3,(H2,21,23). The molecule has 24 heavy (non-hydrogen) atoms. The van der Waals surface area contributed by atoms with Gasteiger partial charge in [0.15, 0.2) is 0 Å². The van der Waals surface area contributed by atoms with Crippen LogP contribution >= 0.6 is 11.8 Å². The summed E-state index contributed by atoms with van der Waals surface area (Å²) < 4.78 is 0. The van der Waals surface area contributed by atoms with Crippen LogP contribution in [0.15, 0.2) is 24.3 Å². The Morgan fingerprint density at radius 2 is 2.04 bits per heavy atom. The van der Waals surface area contributed by atoms with Crippen molar-refractivity contribution in [3.8, 4) is 0 Å². The van der Waals surface area contributed by atoms with Crippen molar-refractivity contribution in [1.29, 1.82) is 0 Å². The third kappa shape index (κ3) is 4.22. The van der Waals surface area contributed by atoms with E-state index in [2.05, 4.69) is 37.0 Å². The first kappa shape index (κ1) is 17.6. The van der Waals surface area contributed by atoms with Gasteiger partial charge < -0.3 is 5.73 Å². The van der Waals surface area contributed by atoms with E-state index in [1.54, 1.807) is 0 Å². The van der Waals surface area contributed by atoms with E-state index in [-0.39, 0.29) is 5.91 Å². The molecule has 1 saturated heterocycles. The second-order valence-corrected chi connectivity index (χ2v) is 8.96. The Kier molecular flexibility index (Phi) is 5.36. The molecule has 1 aliphatic heterocycles. The molecule has 3 nitrogen and oxygen atoms in total. The first-order valence-electron chi connectivity index (χ1n) is 8.87. The van der Waals surface area contributed by atoms with Crippen LogP contribution in [0.3, 0.4) is 0 Å². The summed E-state index contributed by atoms with van der Waals surface area (Å²) in [6, 6.07) is 6.19. The molecule has 130 valence electrons. The number of carbonyl (C=O) groups is 1. The minimum atomic E-state index is -0.323. The van der Waals surface area contributed by atoms with E-state index in [0.29, 0.717) is 11.0 Å². The molecular formula is C20H28N2OS. The molecule has 0 atom stereocenters. The zero-order valence-electron chi connectivity index (χ0n) is 14.8. The number of benzene rings is 1. The number of carbonyl (C=O) groups excluding carboxylic acids is 1. The molecule has 2 N–H and O–H groups in total. The first-order valence-corrected chi connectivity index (χ1v) is 10.0. The Balaban J connectivity index is 1.86. The molecule has 1 amide bonds. The van der Waals surface area contributed by atoms with Crippen LogP contribution in [0, 0.1) is 5.41 Å². The molecule has 1 aromatic carbocycles. The topological polar surface area (TPSA) is 46.3 Å². The van der Waals surface area contributed by atoms with Gasteiger partial charge in [-0.05, 0) is 53.5 Å². The summed E-state index contributed by atoms with van der Waals surface area (Å²) in [4.78, 5) is 14.4. The third-order valence-corrected chi connectivity index (χ3v) is 6.12. The van der Waals surface area contributed by atoms with Crippen molar-refractivity contribution in [1.82, 2.24) is 4.90 Å². The van der Waals surface area contributed by atoms with E-state index in [1.807, 2.05) is 17.8 Å². The summed E-state index contributed by atoms with van der Waals surface area (Å²) in [6.45, 7) is 7.87.